The Morgan fingerprint density at radius 1 is 1.47 bits per heavy atom. The van der Waals surface area contributed by atoms with Crippen LogP contribution in [0.5, 0.6) is 0 Å². The number of nitrogens with zero attached hydrogens (tertiary/aromatic N) is 2. The minimum absolute atomic E-state index is 0.788. The summed E-state index contributed by atoms with van der Waals surface area (Å²) in [6.45, 7) is 6.55. The second kappa shape index (κ2) is 5.23. The van der Waals surface area contributed by atoms with Crippen LogP contribution in [0.25, 0.3) is 0 Å². The van der Waals surface area contributed by atoms with Crippen LogP contribution in [-0.2, 0) is 0 Å². The zero-order valence-corrected chi connectivity index (χ0v) is 10.7. The maximum Gasteiger partial charge on any atom is 0.101 e. The van der Waals surface area contributed by atoms with E-state index < -0.39 is 0 Å². The molecule has 2 heteroatoms. The Bertz CT molecular complexity index is 431. The molecule has 2 nitrogen and oxygen atoms in total. The van der Waals surface area contributed by atoms with Crippen LogP contribution in [0, 0.1) is 24.2 Å². The highest BCUT2D eigenvalue weighted by Gasteiger charge is 2.20. The quantitative estimate of drug-likeness (QED) is 0.774. The van der Waals surface area contributed by atoms with Crippen molar-refractivity contribution in [3.63, 3.8) is 0 Å². The molecule has 0 aliphatic carbocycles. The number of hydrogen-bond donors (Lipinski definition) is 0. The average molecular weight is 228 g/mol. The summed E-state index contributed by atoms with van der Waals surface area (Å²) in [4.78, 5) is 2.39. The molecule has 0 bridgehead atoms. The van der Waals surface area contributed by atoms with Crippen LogP contribution < -0.4 is 4.90 Å². The third kappa shape index (κ3) is 2.61. The van der Waals surface area contributed by atoms with Crippen molar-refractivity contribution in [1.82, 2.24) is 0 Å². The molecule has 0 amide bonds. The molecule has 1 aliphatic heterocycles. The predicted molar refractivity (Wildman–Crippen MR) is 71.1 cm³/mol. The van der Waals surface area contributed by atoms with Gasteiger partial charge in [-0.05, 0) is 43.4 Å². The third-order valence-electron chi connectivity index (χ3n) is 3.71. The normalized spacial score (nSPS) is 20.1. The summed E-state index contributed by atoms with van der Waals surface area (Å²) >= 11 is 0. The number of benzene rings is 1. The Morgan fingerprint density at radius 2 is 2.29 bits per heavy atom. The van der Waals surface area contributed by atoms with Gasteiger partial charge in [0.05, 0.1) is 11.3 Å². The largest absolute Gasteiger partial charge is 0.370 e. The van der Waals surface area contributed by atoms with Crippen molar-refractivity contribution < 1.29 is 0 Å². The highest BCUT2D eigenvalue weighted by Crippen LogP contribution is 2.28. The Labute approximate surface area is 104 Å². The third-order valence-corrected chi connectivity index (χ3v) is 3.71. The van der Waals surface area contributed by atoms with Crippen molar-refractivity contribution >= 4 is 5.69 Å². The molecule has 0 saturated carbocycles. The first kappa shape index (κ1) is 12.0. The van der Waals surface area contributed by atoms with Gasteiger partial charge in [-0.15, -0.1) is 0 Å². The smallest absolute Gasteiger partial charge is 0.101 e. The van der Waals surface area contributed by atoms with E-state index in [4.69, 9.17) is 0 Å². The molecular formula is C15H20N2. The Morgan fingerprint density at radius 3 is 3.00 bits per heavy atom. The lowest BCUT2D eigenvalue weighted by atomic mass is 9.94. The number of piperidine rings is 1. The van der Waals surface area contributed by atoms with Gasteiger partial charge in [0, 0.05) is 13.1 Å². The van der Waals surface area contributed by atoms with Crippen LogP contribution in [-0.4, -0.2) is 13.1 Å². The molecule has 1 saturated heterocycles. The van der Waals surface area contributed by atoms with Gasteiger partial charge in [0.2, 0.25) is 0 Å². The summed E-state index contributed by atoms with van der Waals surface area (Å²) in [5, 5.41) is 9.19. The zero-order valence-electron chi connectivity index (χ0n) is 10.7. The molecule has 0 aromatic heterocycles. The number of nitriles is 1. The van der Waals surface area contributed by atoms with E-state index in [1.807, 2.05) is 12.1 Å². The van der Waals surface area contributed by atoms with E-state index in [-0.39, 0.29) is 0 Å². The van der Waals surface area contributed by atoms with Crippen LogP contribution >= 0.6 is 0 Å². The van der Waals surface area contributed by atoms with E-state index in [9.17, 15) is 5.26 Å². The van der Waals surface area contributed by atoms with E-state index in [1.165, 1.54) is 24.8 Å². The van der Waals surface area contributed by atoms with Crippen molar-refractivity contribution in [3.05, 3.63) is 29.3 Å². The van der Waals surface area contributed by atoms with E-state index in [0.29, 0.717) is 0 Å². The highest BCUT2D eigenvalue weighted by molar-refractivity contribution is 5.60. The van der Waals surface area contributed by atoms with Crippen molar-refractivity contribution in [3.8, 4) is 6.07 Å². The molecule has 90 valence electrons. The van der Waals surface area contributed by atoms with Crippen LogP contribution in [0.3, 0.4) is 0 Å². The van der Waals surface area contributed by atoms with Crippen LogP contribution in [0.2, 0.25) is 0 Å². The monoisotopic (exact) mass is 228 g/mol. The minimum atomic E-state index is 0.788. The van der Waals surface area contributed by atoms with E-state index in [2.05, 4.69) is 30.9 Å². The fourth-order valence-corrected chi connectivity index (χ4v) is 2.61. The first-order chi connectivity index (χ1) is 8.24. The summed E-state index contributed by atoms with van der Waals surface area (Å²) in [6.07, 6.45) is 3.82. The highest BCUT2D eigenvalue weighted by atomic mass is 15.1. The molecule has 1 unspecified atom stereocenters. The van der Waals surface area contributed by atoms with Gasteiger partial charge in [-0.3, -0.25) is 0 Å². The molecular weight excluding hydrogens is 208 g/mol. The van der Waals surface area contributed by atoms with E-state index in [1.54, 1.807) is 0 Å². The summed E-state index contributed by atoms with van der Waals surface area (Å²) in [5.74, 6) is 0.788. The lowest BCUT2D eigenvalue weighted by molar-refractivity contribution is 0.404. The number of rotatable bonds is 2. The van der Waals surface area contributed by atoms with Crippen molar-refractivity contribution in [1.29, 1.82) is 5.26 Å². The van der Waals surface area contributed by atoms with Gasteiger partial charge >= 0.3 is 0 Å². The fourth-order valence-electron chi connectivity index (χ4n) is 2.61. The molecule has 1 fully saturated rings. The van der Waals surface area contributed by atoms with Crippen LogP contribution in [0.1, 0.15) is 37.3 Å². The predicted octanol–water partition coefficient (Wildman–Crippen LogP) is 3.49. The number of anilines is 1. The molecule has 0 spiro atoms. The molecule has 1 aliphatic rings. The lowest BCUT2D eigenvalue weighted by Gasteiger charge is -2.34. The molecule has 1 heterocycles. The standard InChI is InChI=1S/C15H20N2/c1-3-13-5-4-8-17(11-13)15-9-12(2)6-7-14(15)10-16/h6-7,9,13H,3-5,8,11H2,1-2H3. The first-order valence-corrected chi connectivity index (χ1v) is 6.50. The van der Waals surface area contributed by atoms with Crippen molar-refractivity contribution in [2.75, 3.05) is 18.0 Å². The second-order valence-corrected chi connectivity index (χ2v) is 4.99. The van der Waals surface area contributed by atoms with E-state index in [0.717, 1.165) is 30.3 Å². The summed E-state index contributed by atoms with van der Waals surface area (Å²) in [6, 6.07) is 8.42. The summed E-state index contributed by atoms with van der Waals surface area (Å²) < 4.78 is 0. The number of hydrogen-bond acceptors (Lipinski definition) is 2. The van der Waals surface area contributed by atoms with Gasteiger partial charge in [0.25, 0.3) is 0 Å². The maximum absolute atomic E-state index is 9.19. The molecule has 1 aromatic carbocycles. The topological polar surface area (TPSA) is 27.0 Å². The maximum atomic E-state index is 9.19. The Kier molecular flexibility index (Phi) is 3.68. The molecule has 1 atom stereocenters. The molecule has 17 heavy (non-hydrogen) atoms. The van der Waals surface area contributed by atoms with Crippen molar-refractivity contribution in [2.24, 2.45) is 5.92 Å². The zero-order chi connectivity index (χ0) is 12.3. The first-order valence-electron chi connectivity index (χ1n) is 6.50. The van der Waals surface area contributed by atoms with Gasteiger partial charge in [-0.2, -0.15) is 5.26 Å². The fraction of sp³-hybridized carbons (Fsp3) is 0.533. The Balaban J connectivity index is 2.27. The molecule has 0 radical (unpaired) electrons. The van der Waals surface area contributed by atoms with E-state index >= 15 is 0 Å². The van der Waals surface area contributed by atoms with Gasteiger partial charge < -0.3 is 4.90 Å². The minimum Gasteiger partial charge on any atom is -0.370 e. The van der Waals surface area contributed by atoms with Crippen LogP contribution in [0.4, 0.5) is 5.69 Å². The van der Waals surface area contributed by atoms with Gasteiger partial charge in [-0.1, -0.05) is 19.4 Å². The van der Waals surface area contributed by atoms with Gasteiger partial charge in [0.1, 0.15) is 6.07 Å². The molecule has 0 N–H and O–H groups in total. The summed E-state index contributed by atoms with van der Waals surface area (Å²) in [5.41, 5.74) is 3.18. The Hall–Kier alpha value is -1.49. The van der Waals surface area contributed by atoms with Crippen molar-refractivity contribution in [2.45, 2.75) is 33.1 Å². The summed E-state index contributed by atoms with van der Waals surface area (Å²) in [7, 11) is 0. The molecule has 1 aromatic rings. The lowest BCUT2D eigenvalue weighted by Crippen LogP contribution is -2.35. The average Bonchev–Trinajstić information content (AvgIpc) is 2.39. The van der Waals surface area contributed by atoms with Gasteiger partial charge in [-0.25, -0.2) is 0 Å². The van der Waals surface area contributed by atoms with Crippen LogP contribution in [0.15, 0.2) is 18.2 Å². The SMILES string of the molecule is CCC1CCCN(c2cc(C)ccc2C#N)C1. The number of aryl methyl sites for hydroxylation is 1. The molecule has 2 rings (SSSR count). The van der Waals surface area contributed by atoms with Gasteiger partial charge in [0.15, 0.2) is 0 Å². The second-order valence-electron chi connectivity index (χ2n) is 4.99.